The van der Waals surface area contributed by atoms with Crippen molar-refractivity contribution in [2.24, 2.45) is 0 Å². The number of nitrogens with one attached hydrogen (secondary N) is 1. The summed E-state index contributed by atoms with van der Waals surface area (Å²) in [6, 6.07) is 5.61. The van der Waals surface area contributed by atoms with E-state index in [1.807, 2.05) is 26.0 Å². The van der Waals surface area contributed by atoms with Crippen molar-refractivity contribution >= 4 is 5.91 Å². The Kier molecular flexibility index (Phi) is 7.09. The van der Waals surface area contributed by atoms with Crippen LogP contribution in [0.1, 0.15) is 49.5 Å². The van der Waals surface area contributed by atoms with E-state index in [1.165, 1.54) is 0 Å². The normalized spacial score (nSPS) is 12.0. The first-order valence-corrected chi connectivity index (χ1v) is 7.17. The average Bonchev–Trinajstić information content (AvgIpc) is 2.44. The molecule has 20 heavy (non-hydrogen) atoms. The third kappa shape index (κ3) is 4.85. The zero-order valence-corrected chi connectivity index (χ0v) is 12.9. The van der Waals surface area contributed by atoms with Gasteiger partial charge < -0.3 is 14.8 Å². The van der Waals surface area contributed by atoms with E-state index in [-0.39, 0.29) is 11.9 Å². The van der Waals surface area contributed by atoms with Gasteiger partial charge in [0.2, 0.25) is 0 Å². The number of carbonyl (C=O) groups excluding carboxylic acids is 1. The molecule has 0 radical (unpaired) electrons. The largest absolute Gasteiger partial charge is 0.496 e. The third-order valence-corrected chi connectivity index (χ3v) is 3.10. The Balaban J connectivity index is 2.81. The zero-order valence-electron chi connectivity index (χ0n) is 12.9. The van der Waals surface area contributed by atoms with Crippen molar-refractivity contribution in [3.05, 3.63) is 29.3 Å². The van der Waals surface area contributed by atoms with Gasteiger partial charge >= 0.3 is 0 Å². The molecule has 1 rings (SSSR count). The van der Waals surface area contributed by atoms with Gasteiger partial charge in [0.1, 0.15) is 5.75 Å². The van der Waals surface area contributed by atoms with Crippen LogP contribution in [0.25, 0.3) is 0 Å². The molecule has 0 unspecified atom stereocenters. The fraction of sp³-hybridized carbons (Fsp3) is 0.562. The van der Waals surface area contributed by atoms with Gasteiger partial charge in [0.25, 0.3) is 5.91 Å². The molecule has 1 amide bonds. The number of amides is 1. The van der Waals surface area contributed by atoms with Crippen LogP contribution in [0.15, 0.2) is 18.2 Å². The smallest absolute Gasteiger partial charge is 0.251 e. The predicted octanol–water partition coefficient (Wildman–Crippen LogP) is 3.15. The van der Waals surface area contributed by atoms with E-state index in [1.54, 1.807) is 13.2 Å². The van der Waals surface area contributed by atoms with Gasteiger partial charge in [-0.05, 0) is 38.5 Å². The van der Waals surface area contributed by atoms with Crippen molar-refractivity contribution < 1.29 is 14.3 Å². The topological polar surface area (TPSA) is 47.6 Å². The summed E-state index contributed by atoms with van der Waals surface area (Å²) in [7, 11) is 1.62. The number of benzene rings is 1. The summed E-state index contributed by atoms with van der Waals surface area (Å²) in [5, 5.41) is 3.00. The Morgan fingerprint density at radius 1 is 1.35 bits per heavy atom. The molecule has 1 N–H and O–H groups in total. The number of rotatable bonds is 8. The van der Waals surface area contributed by atoms with Crippen molar-refractivity contribution in [1.82, 2.24) is 5.32 Å². The van der Waals surface area contributed by atoms with Crippen LogP contribution in [-0.2, 0) is 11.3 Å². The number of hydrogen-bond acceptors (Lipinski definition) is 3. The standard InChI is InChI=1S/C16H25NO3/c1-5-7-12(3)17-16(18)13-8-9-15(19-4)14(10-13)11-20-6-2/h8-10,12H,5-7,11H2,1-4H3,(H,17,18)/t12-/m0/s1. The highest BCUT2D eigenvalue weighted by Crippen LogP contribution is 2.21. The molecule has 4 nitrogen and oxygen atoms in total. The highest BCUT2D eigenvalue weighted by atomic mass is 16.5. The van der Waals surface area contributed by atoms with E-state index < -0.39 is 0 Å². The minimum atomic E-state index is -0.0497. The van der Waals surface area contributed by atoms with Gasteiger partial charge in [-0.1, -0.05) is 13.3 Å². The Morgan fingerprint density at radius 2 is 2.10 bits per heavy atom. The summed E-state index contributed by atoms with van der Waals surface area (Å²) >= 11 is 0. The van der Waals surface area contributed by atoms with Crippen molar-refractivity contribution in [2.75, 3.05) is 13.7 Å². The minimum absolute atomic E-state index is 0.0497. The maximum absolute atomic E-state index is 12.2. The molecule has 112 valence electrons. The van der Waals surface area contributed by atoms with Crippen LogP contribution in [0, 0.1) is 0 Å². The van der Waals surface area contributed by atoms with Crippen LogP contribution in [0.2, 0.25) is 0 Å². The van der Waals surface area contributed by atoms with Gasteiger partial charge in [-0.15, -0.1) is 0 Å². The molecule has 0 aromatic heterocycles. The van der Waals surface area contributed by atoms with Gasteiger partial charge in [0.15, 0.2) is 0 Å². The molecule has 0 bridgehead atoms. The van der Waals surface area contributed by atoms with Crippen LogP contribution < -0.4 is 10.1 Å². The van der Waals surface area contributed by atoms with Gasteiger partial charge in [-0.25, -0.2) is 0 Å². The van der Waals surface area contributed by atoms with Crippen molar-refractivity contribution in [1.29, 1.82) is 0 Å². The summed E-state index contributed by atoms with van der Waals surface area (Å²) in [4.78, 5) is 12.2. The van der Waals surface area contributed by atoms with E-state index in [4.69, 9.17) is 9.47 Å². The predicted molar refractivity (Wildman–Crippen MR) is 80.2 cm³/mol. The fourth-order valence-corrected chi connectivity index (χ4v) is 2.06. The highest BCUT2D eigenvalue weighted by Gasteiger charge is 2.12. The van der Waals surface area contributed by atoms with Crippen LogP contribution >= 0.6 is 0 Å². The third-order valence-electron chi connectivity index (χ3n) is 3.10. The molecule has 0 aliphatic carbocycles. The van der Waals surface area contributed by atoms with Gasteiger partial charge in [0.05, 0.1) is 13.7 Å². The number of methoxy groups -OCH3 is 1. The summed E-state index contributed by atoms with van der Waals surface area (Å²) in [6.07, 6.45) is 2.04. The number of carbonyl (C=O) groups is 1. The lowest BCUT2D eigenvalue weighted by Gasteiger charge is -2.14. The molecule has 1 aromatic rings. The second-order valence-corrected chi connectivity index (χ2v) is 4.83. The van der Waals surface area contributed by atoms with Gasteiger partial charge in [0, 0.05) is 23.8 Å². The van der Waals surface area contributed by atoms with Gasteiger partial charge in [-0.3, -0.25) is 4.79 Å². The molecule has 0 saturated carbocycles. The van der Waals surface area contributed by atoms with Crippen molar-refractivity contribution in [2.45, 2.75) is 46.3 Å². The molecule has 0 aliphatic heterocycles. The monoisotopic (exact) mass is 279 g/mol. The maximum atomic E-state index is 12.2. The lowest BCUT2D eigenvalue weighted by atomic mass is 10.1. The SMILES string of the molecule is CCC[C@H](C)NC(=O)c1ccc(OC)c(COCC)c1. The Bertz CT molecular complexity index is 432. The summed E-state index contributed by atoms with van der Waals surface area (Å²) in [5.41, 5.74) is 1.54. The Hall–Kier alpha value is -1.55. The maximum Gasteiger partial charge on any atom is 0.251 e. The first-order chi connectivity index (χ1) is 9.62. The lowest BCUT2D eigenvalue weighted by Crippen LogP contribution is -2.32. The summed E-state index contributed by atoms with van der Waals surface area (Å²) in [6.45, 7) is 7.15. The molecule has 4 heteroatoms. The second-order valence-electron chi connectivity index (χ2n) is 4.83. The summed E-state index contributed by atoms with van der Waals surface area (Å²) in [5.74, 6) is 0.697. The number of hydrogen-bond donors (Lipinski definition) is 1. The average molecular weight is 279 g/mol. The van der Waals surface area contributed by atoms with Crippen LogP contribution in [0.3, 0.4) is 0 Å². The molecule has 0 fully saturated rings. The van der Waals surface area contributed by atoms with E-state index in [9.17, 15) is 4.79 Å². The molecule has 0 spiro atoms. The molecular weight excluding hydrogens is 254 g/mol. The van der Waals surface area contributed by atoms with Crippen molar-refractivity contribution in [3.8, 4) is 5.75 Å². The molecule has 0 saturated heterocycles. The highest BCUT2D eigenvalue weighted by molar-refractivity contribution is 5.94. The molecule has 1 aromatic carbocycles. The molecule has 0 heterocycles. The first kappa shape index (κ1) is 16.5. The first-order valence-electron chi connectivity index (χ1n) is 7.17. The van der Waals surface area contributed by atoms with E-state index >= 15 is 0 Å². The lowest BCUT2D eigenvalue weighted by molar-refractivity contribution is 0.0937. The molecule has 0 aliphatic rings. The van der Waals surface area contributed by atoms with E-state index in [0.717, 1.165) is 24.2 Å². The van der Waals surface area contributed by atoms with Gasteiger partial charge in [-0.2, -0.15) is 0 Å². The van der Waals surface area contributed by atoms with Crippen LogP contribution in [0.5, 0.6) is 5.75 Å². The molecule has 1 atom stereocenters. The minimum Gasteiger partial charge on any atom is -0.496 e. The van der Waals surface area contributed by atoms with Crippen molar-refractivity contribution in [3.63, 3.8) is 0 Å². The Labute approximate surface area is 121 Å². The van der Waals surface area contributed by atoms with E-state index in [0.29, 0.717) is 18.8 Å². The van der Waals surface area contributed by atoms with Crippen LogP contribution in [0.4, 0.5) is 0 Å². The summed E-state index contributed by atoms with van der Waals surface area (Å²) < 4.78 is 10.7. The Morgan fingerprint density at radius 3 is 2.70 bits per heavy atom. The fourth-order valence-electron chi connectivity index (χ4n) is 2.06. The second kappa shape index (κ2) is 8.59. The van der Waals surface area contributed by atoms with E-state index in [2.05, 4.69) is 12.2 Å². The quantitative estimate of drug-likeness (QED) is 0.795. The van der Waals surface area contributed by atoms with Crippen LogP contribution in [-0.4, -0.2) is 25.7 Å². The zero-order chi connectivity index (χ0) is 15.0. The molecular formula is C16H25NO3. The number of ether oxygens (including phenoxy) is 2.